The van der Waals surface area contributed by atoms with E-state index in [9.17, 15) is 4.79 Å². The highest BCUT2D eigenvalue weighted by Crippen LogP contribution is 2.42. The minimum absolute atomic E-state index is 0.0624. The van der Waals surface area contributed by atoms with Crippen LogP contribution in [-0.2, 0) is 11.2 Å². The van der Waals surface area contributed by atoms with Crippen LogP contribution in [0.4, 0.5) is 5.69 Å². The van der Waals surface area contributed by atoms with Crippen molar-refractivity contribution in [2.24, 2.45) is 0 Å². The van der Waals surface area contributed by atoms with Crippen molar-refractivity contribution in [1.82, 2.24) is 9.89 Å². The molecule has 0 fully saturated rings. The van der Waals surface area contributed by atoms with Gasteiger partial charge in [0.15, 0.2) is 0 Å². The lowest BCUT2D eigenvalue weighted by Crippen LogP contribution is -2.40. The van der Waals surface area contributed by atoms with Gasteiger partial charge in [0, 0.05) is 29.7 Å². The molecule has 24 heavy (non-hydrogen) atoms. The third-order valence-corrected chi connectivity index (χ3v) is 4.45. The number of nitrogens with two attached hydrogens (primary N) is 1. The molecular formula is C18H24N4O2. The molecule has 2 N–H and O–H groups in total. The first-order valence-electron chi connectivity index (χ1n) is 8.41. The quantitative estimate of drug-likeness (QED) is 0.876. The van der Waals surface area contributed by atoms with Crippen molar-refractivity contribution in [3.8, 4) is 16.9 Å². The van der Waals surface area contributed by atoms with Crippen molar-refractivity contribution >= 4 is 11.6 Å². The van der Waals surface area contributed by atoms with Gasteiger partial charge in [-0.15, -0.1) is 0 Å². The van der Waals surface area contributed by atoms with Crippen molar-refractivity contribution in [3.63, 3.8) is 0 Å². The molecule has 6 nitrogen and oxygen atoms in total. The Labute approximate surface area is 142 Å². The molecule has 0 spiro atoms. The van der Waals surface area contributed by atoms with Crippen molar-refractivity contribution in [1.29, 1.82) is 0 Å². The number of amides is 1. The maximum atomic E-state index is 12.1. The van der Waals surface area contributed by atoms with E-state index in [-0.39, 0.29) is 11.9 Å². The Balaban J connectivity index is 2.14. The lowest BCUT2D eigenvalue weighted by atomic mass is 9.92. The minimum Gasteiger partial charge on any atom is -0.493 e. The SMILES string of the molecule is CCCOc1c(-c2cnn(N)c2)ccc2c1CC[C@H](C)N2C(C)=O. The summed E-state index contributed by atoms with van der Waals surface area (Å²) in [6.45, 7) is 6.42. The first-order valence-corrected chi connectivity index (χ1v) is 8.41. The Kier molecular flexibility index (Phi) is 4.46. The van der Waals surface area contributed by atoms with Crippen LogP contribution in [0.25, 0.3) is 11.1 Å². The van der Waals surface area contributed by atoms with Crippen LogP contribution in [0.3, 0.4) is 0 Å². The molecule has 1 aromatic heterocycles. The van der Waals surface area contributed by atoms with Crippen LogP contribution in [0.1, 0.15) is 39.2 Å². The fraction of sp³-hybridized carbons (Fsp3) is 0.444. The molecule has 0 saturated heterocycles. The molecule has 3 rings (SSSR count). The standard InChI is InChI=1S/C18H24N4O2/c1-4-9-24-18-15(14-10-20-21(19)11-14)7-8-17-16(18)6-5-12(2)22(17)13(3)23/h7-8,10-12H,4-6,9,19H2,1-3H3/t12-/m0/s1. The van der Waals surface area contributed by atoms with Crippen LogP contribution in [0.5, 0.6) is 5.75 Å². The monoisotopic (exact) mass is 328 g/mol. The van der Waals surface area contributed by atoms with Gasteiger partial charge in [0.2, 0.25) is 5.91 Å². The average molecular weight is 328 g/mol. The van der Waals surface area contributed by atoms with Gasteiger partial charge in [-0.2, -0.15) is 9.89 Å². The molecule has 0 radical (unpaired) electrons. The highest BCUT2D eigenvalue weighted by Gasteiger charge is 2.29. The molecule has 1 aliphatic rings. The van der Waals surface area contributed by atoms with Crippen LogP contribution < -0.4 is 15.5 Å². The molecule has 128 valence electrons. The van der Waals surface area contributed by atoms with Crippen LogP contribution in [0.15, 0.2) is 24.5 Å². The Morgan fingerprint density at radius 1 is 1.46 bits per heavy atom. The van der Waals surface area contributed by atoms with Crippen molar-refractivity contribution < 1.29 is 9.53 Å². The number of nitrogens with zero attached hydrogens (tertiary/aromatic N) is 3. The number of ether oxygens (including phenoxy) is 1. The molecule has 1 aliphatic heterocycles. The van der Waals surface area contributed by atoms with Gasteiger partial charge in [-0.05, 0) is 38.3 Å². The normalized spacial score (nSPS) is 16.8. The summed E-state index contributed by atoms with van der Waals surface area (Å²) in [6, 6.07) is 4.20. The number of hydrogen-bond donors (Lipinski definition) is 1. The number of hydrogen-bond acceptors (Lipinski definition) is 4. The molecule has 2 heterocycles. The molecule has 2 aromatic rings. The molecule has 0 unspecified atom stereocenters. The van der Waals surface area contributed by atoms with Crippen LogP contribution in [0, 0.1) is 0 Å². The number of rotatable bonds is 4. The zero-order chi connectivity index (χ0) is 17.3. The van der Waals surface area contributed by atoms with E-state index in [0.717, 1.165) is 47.4 Å². The summed E-state index contributed by atoms with van der Waals surface area (Å²) in [7, 11) is 0. The second-order valence-electron chi connectivity index (χ2n) is 6.27. The Hall–Kier alpha value is -2.50. The second kappa shape index (κ2) is 6.55. The number of carbonyl (C=O) groups excluding carboxylic acids is 1. The summed E-state index contributed by atoms with van der Waals surface area (Å²) in [5.41, 5.74) is 3.94. The summed E-state index contributed by atoms with van der Waals surface area (Å²) in [5.74, 6) is 6.61. The first-order chi connectivity index (χ1) is 11.5. The van der Waals surface area contributed by atoms with E-state index in [4.69, 9.17) is 10.6 Å². The Bertz CT molecular complexity index is 753. The van der Waals surface area contributed by atoms with Crippen LogP contribution >= 0.6 is 0 Å². The lowest BCUT2D eigenvalue weighted by molar-refractivity contribution is -0.117. The van der Waals surface area contributed by atoms with Gasteiger partial charge in [0.25, 0.3) is 0 Å². The smallest absolute Gasteiger partial charge is 0.224 e. The first kappa shape index (κ1) is 16.4. The maximum absolute atomic E-state index is 12.1. The number of anilines is 1. The van der Waals surface area contributed by atoms with Crippen molar-refractivity contribution in [3.05, 3.63) is 30.1 Å². The van der Waals surface area contributed by atoms with E-state index in [1.54, 1.807) is 19.3 Å². The van der Waals surface area contributed by atoms with Crippen LogP contribution in [0.2, 0.25) is 0 Å². The molecule has 1 aromatic carbocycles. The minimum atomic E-state index is 0.0624. The van der Waals surface area contributed by atoms with E-state index in [1.807, 2.05) is 17.0 Å². The van der Waals surface area contributed by atoms with Crippen molar-refractivity contribution in [2.75, 3.05) is 17.3 Å². The van der Waals surface area contributed by atoms with E-state index >= 15 is 0 Å². The van der Waals surface area contributed by atoms with Gasteiger partial charge in [0.05, 0.1) is 24.7 Å². The molecule has 0 bridgehead atoms. The van der Waals surface area contributed by atoms with E-state index in [0.29, 0.717) is 6.61 Å². The maximum Gasteiger partial charge on any atom is 0.224 e. The predicted molar refractivity (Wildman–Crippen MR) is 94.5 cm³/mol. The van der Waals surface area contributed by atoms with Gasteiger partial charge in [-0.1, -0.05) is 6.92 Å². The Morgan fingerprint density at radius 3 is 2.88 bits per heavy atom. The molecule has 1 atom stereocenters. The fourth-order valence-electron chi connectivity index (χ4n) is 3.36. The highest BCUT2D eigenvalue weighted by molar-refractivity contribution is 5.95. The summed E-state index contributed by atoms with van der Waals surface area (Å²) in [6.07, 6.45) is 6.24. The lowest BCUT2D eigenvalue weighted by Gasteiger charge is -2.36. The van der Waals surface area contributed by atoms with Crippen molar-refractivity contribution in [2.45, 2.75) is 46.1 Å². The van der Waals surface area contributed by atoms with Crippen LogP contribution in [-0.4, -0.2) is 28.4 Å². The fourth-order valence-corrected chi connectivity index (χ4v) is 3.36. The van der Waals surface area contributed by atoms with Gasteiger partial charge in [-0.3, -0.25) is 4.79 Å². The number of carbonyl (C=O) groups is 1. The third-order valence-electron chi connectivity index (χ3n) is 4.45. The highest BCUT2D eigenvalue weighted by atomic mass is 16.5. The number of benzene rings is 1. The zero-order valence-corrected chi connectivity index (χ0v) is 14.5. The van der Waals surface area contributed by atoms with Gasteiger partial charge in [-0.25, -0.2) is 0 Å². The van der Waals surface area contributed by atoms with Gasteiger partial charge >= 0.3 is 0 Å². The zero-order valence-electron chi connectivity index (χ0n) is 14.5. The molecular weight excluding hydrogens is 304 g/mol. The summed E-state index contributed by atoms with van der Waals surface area (Å²) < 4.78 is 6.10. The summed E-state index contributed by atoms with van der Waals surface area (Å²) in [5, 5.41) is 4.06. The summed E-state index contributed by atoms with van der Waals surface area (Å²) >= 11 is 0. The molecule has 0 saturated carbocycles. The van der Waals surface area contributed by atoms with Gasteiger partial charge < -0.3 is 15.5 Å². The summed E-state index contributed by atoms with van der Waals surface area (Å²) in [4.78, 5) is 15.3. The Morgan fingerprint density at radius 2 is 2.25 bits per heavy atom. The number of nitrogen functional groups attached to an aromatic ring is 1. The predicted octanol–water partition coefficient (Wildman–Crippen LogP) is 2.74. The second-order valence-corrected chi connectivity index (χ2v) is 6.27. The van der Waals surface area contributed by atoms with Gasteiger partial charge in [0.1, 0.15) is 5.75 Å². The molecule has 1 amide bonds. The molecule has 0 aliphatic carbocycles. The molecule has 6 heteroatoms. The van der Waals surface area contributed by atoms with E-state index < -0.39 is 0 Å². The largest absolute Gasteiger partial charge is 0.493 e. The van der Waals surface area contributed by atoms with E-state index in [1.165, 1.54) is 4.79 Å². The average Bonchev–Trinajstić information content (AvgIpc) is 2.98. The number of aromatic nitrogens is 2. The topological polar surface area (TPSA) is 73.4 Å². The number of fused-ring (bicyclic) bond motifs is 1. The van der Waals surface area contributed by atoms with E-state index in [2.05, 4.69) is 18.9 Å². The third kappa shape index (κ3) is 2.84.